The lowest BCUT2D eigenvalue weighted by atomic mass is 10.0. The molecule has 1 aromatic carbocycles. The van der Waals surface area contributed by atoms with Gasteiger partial charge in [-0.15, -0.1) is 0 Å². The number of hydrogen-bond donors (Lipinski definition) is 1. The summed E-state index contributed by atoms with van der Waals surface area (Å²) in [4.78, 5) is 11.4. The summed E-state index contributed by atoms with van der Waals surface area (Å²) in [6, 6.07) is 8.46. The summed E-state index contributed by atoms with van der Waals surface area (Å²) in [7, 11) is 0. The average Bonchev–Trinajstić information content (AvgIpc) is 2.36. The molecule has 0 aliphatic carbocycles. The minimum absolute atomic E-state index is 0.120. The molecule has 0 fully saturated rings. The zero-order valence-corrected chi connectivity index (χ0v) is 11.1. The molecule has 1 rings (SSSR count). The smallest absolute Gasteiger partial charge is 0.407 e. The van der Waals surface area contributed by atoms with Crippen LogP contribution in [0.25, 0.3) is 0 Å². The zero-order chi connectivity index (χ0) is 15.2. The van der Waals surface area contributed by atoms with E-state index in [0.29, 0.717) is 5.69 Å². The van der Waals surface area contributed by atoms with Crippen LogP contribution in [-0.4, -0.2) is 24.5 Å². The second-order valence-electron chi connectivity index (χ2n) is 3.96. The molecule has 20 heavy (non-hydrogen) atoms. The van der Waals surface area contributed by atoms with E-state index in [-0.39, 0.29) is 6.61 Å². The van der Waals surface area contributed by atoms with Crippen LogP contribution in [0.1, 0.15) is 13.8 Å². The predicted molar refractivity (Wildman–Crippen MR) is 69.4 cm³/mol. The molecule has 0 aromatic heterocycles. The van der Waals surface area contributed by atoms with E-state index in [1.54, 1.807) is 30.3 Å². The lowest BCUT2D eigenvalue weighted by Gasteiger charge is -2.18. The van der Waals surface area contributed by atoms with Crippen LogP contribution < -0.4 is 5.43 Å². The van der Waals surface area contributed by atoms with Crippen LogP contribution in [-0.2, 0) is 9.53 Å². The van der Waals surface area contributed by atoms with Crippen molar-refractivity contribution in [2.24, 2.45) is 11.0 Å². The monoisotopic (exact) mass is 288 g/mol. The number of nitrogens with one attached hydrogen (secondary N) is 1. The number of ether oxygens (including phenoxy) is 1. The fourth-order valence-electron chi connectivity index (χ4n) is 1.50. The molecular weight excluding hydrogens is 273 g/mol. The van der Waals surface area contributed by atoms with Crippen molar-refractivity contribution in [2.45, 2.75) is 20.0 Å². The summed E-state index contributed by atoms with van der Waals surface area (Å²) in [5, 5.41) is 3.61. The number of carbonyl (C=O) groups is 1. The number of halogens is 3. The van der Waals surface area contributed by atoms with Crippen LogP contribution in [0.4, 0.5) is 18.9 Å². The summed E-state index contributed by atoms with van der Waals surface area (Å²) in [6.07, 6.45) is -4.74. The molecule has 110 valence electrons. The maximum Gasteiger partial charge on any atom is 0.407 e. The number of esters is 1. The van der Waals surface area contributed by atoms with E-state index < -0.39 is 23.8 Å². The Morgan fingerprint density at radius 3 is 2.45 bits per heavy atom. The fraction of sp³-hybridized carbons (Fsp3) is 0.385. The lowest BCUT2D eigenvalue weighted by Crippen LogP contribution is -2.38. The molecule has 1 N–H and O–H groups in total. The Balaban J connectivity index is 2.88. The molecule has 4 nitrogen and oxygen atoms in total. The molecule has 0 aliphatic rings. The number of alkyl halides is 3. The van der Waals surface area contributed by atoms with Crippen LogP contribution in [0.3, 0.4) is 0 Å². The summed E-state index contributed by atoms with van der Waals surface area (Å²) in [5.41, 5.74) is 2.60. The third-order valence-corrected chi connectivity index (χ3v) is 2.40. The number of para-hydroxylation sites is 1. The van der Waals surface area contributed by atoms with Crippen molar-refractivity contribution in [1.82, 2.24) is 0 Å². The molecule has 1 aromatic rings. The van der Waals surface area contributed by atoms with Gasteiger partial charge in [-0.1, -0.05) is 18.2 Å². The summed E-state index contributed by atoms with van der Waals surface area (Å²) in [6.45, 7) is 2.45. The van der Waals surface area contributed by atoms with Gasteiger partial charge in [-0.3, -0.25) is 10.2 Å². The van der Waals surface area contributed by atoms with E-state index in [2.05, 4.69) is 15.3 Å². The van der Waals surface area contributed by atoms with Crippen LogP contribution in [0.2, 0.25) is 0 Å². The van der Waals surface area contributed by atoms with Gasteiger partial charge in [0.25, 0.3) is 0 Å². The lowest BCUT2D eigenvalue weighted by molar-refractivity contribution is -0.184. The SMILES string of the molecule is CCOC(=O)C(C(C)=NNc1ccccc1)C(F)(F)F. The second-order valence-corrected chi connectivity index (χ2v) is 3.96. The standard InChI is InChI=1S/C13H15F3N2O2/c1-3-20-12(19)11(13(14,15)16)9(2)17-18-10-7-5-4-6-8-10/h4-8,11,18H,3H2,1-2H3. The summed E-state index contributed by atoms with van der Waals surface area (Å²) >= 11 is 0. The van der Waals surface area contributed by atoms with Gasteiger partial charge < -0.3 is 4.74 Å². The maximum absolute atomic E-state index is 12.9. The number of benzene rings is 1. The Labute approximate surface area is 114 Å². The number of carbonyl (C=O) groups excluding carboxylic acids is 1. The molecule has 1 unspecified atom stereocenters. The zero-order valence-electron chi connectivity index (χ0n) is 11.1. The fourth-order valence-corrected chi connectivity index (χ4v) is 1.50. The number of anilines is 1. The Morgan fingerprint density at radius 2 is 1.95 bits per heavy atom. The molecule has 0 amide bonds. The second kappa shape index (κ2) is 6.93. The van der Waals surface area contributed by atoms with Crippen molar-refractivity contribution >= 4 is 17.4 Å². The van der Waals surface area contributed by atoms with Crippen molar-refractivity contribution in [3.05, 3.63) is 30.3 Å². The Hall–Kier alpha value is -2.05. The van der Waals surface area contributed by atoms with E-state index in [1.165, 1.54) is 6.92 Å². The largest absolute Gasteiger partial charge is 0.465 e. The van der Waals surface area contributed by atoms with Crippen LogP contribution in [0.15, 0.2) is 35.4 Å². The number of hydrogen-bond acceptors (Lipinski definition) is 4. The highest BCUT2D eigenvalue weighted by Crippen LogP contribution is 2.28. The third kappa shape index (κ3) is 4.56. The first-order valence-corrected chi connectivity index (χ1v) is 5.94. The van der Waals surface area contributed by atoms with E-state index in [0.717, 1.165) is 6.92 Å². The van der Waals surface area contributed by atoms with Gasteiger partial charge in [-0.05, 0) is 26.0 Å². The quantitative estimate of drug-likeness (QED) is 0.514. The molecule has 7 heteroatoms. The molecule has 0 saturated heterocycles. The topological polar surface area (TPSA) is 50.7 Å². The van der Waals surface area contributed by atoms with E-state index in [4.69, 9.17) is 0 Å². The minimum atomic E-state index is -4.74. The Bertz CT molecular complexity index is 472. The first-order valence-electron chi connectivity index (χ1n) is 5.94. The molecule has 0 heterocycles. The summed E-state index contributed by atoms with van der Waals surface area (Å²) < 4.78 is 43.0. The van der Waals surface area contributed by atoms with Crippen molar-refractivity contribution in [3.63, 3.8) is 0 Å². The highest BCUT2D eigenvalue weighted by molar-refractivity contribution is 6.02. The third-order valence-electron chi connectivity index (χ3n) is 2.40. The maximum atomic E-state index is 12.9. The first kappa shape index (κ1) is 16.0. The number of nitrogens with zero attached hydrogens (tertiary/aromatic N) is 1. The van der Waals surface area contributed by atoms with E-state index >= 15 is 0 Å². The van der Waals surface area contributed by atoms with Crippen LogP contribution in [0, 0.1) is 5.92 Å². The van der Waals surface area contributed by atoms with Gasteiger partial charge in [-0.25, -0.2) is 0 Å². The van der Waals surface area contributed by atoms with Crippen molar-refractivity contribution in [3.8, 4) is 0 Å². The van der Waals surface area contributed by atoms with E-state index in [9.17, 15) is 18.0 Å². The van der Waals surface area contributed by atoms with Crippen LogP contribution in [0.5, 0.6) is 0 Å². The van der Waals surface area contributed by atoms with Gasteiger partial charge in [0.05, 0.1) is 18.0 Å². The average molecular weight is 288 g/mol. The molecular formula is C13H15F3N2O2. The summed E-state index contributed by atoms with van der Waals surface area (Å²) in [5.74, 6) is -3.71. The Morgan fingerprint density at radius 1 is 1.35 bits per heavy atom. The van der Waals surface area contributed by atoms with Gasteiger partial charge in [0, 0.05) is 0 Å². The molecule has 0 spiro atoms. The molecule has 0 bridgehead atoms. The highest BCUT2D eigenvalue weighted by atomic mass is 19.4. The van der Waals surface area contributed by atoms with Gasteiger partial charge >= 0.3 is 12.1 Å². The molecule has 0 saturated carbocycles. The van der Waals surface area contributed by atoms with Crippen molar-refractivity contribution < 1.29 is 22.7 Å². The normalized spacial score (nSPS) is 13.8. The molecule has 0 radical (unpaired) electrons. The van der Waals surface area contributed by atoms with Gasteiger partial charge in [0.2, 0.25) is 0 Å². The first-order chi connectivity index (χ1) is 9.36. The van der Waals surface area contributed by atoms with Crippen molar-refractivity contribution in [2.75, 3.05) is 12.0 Å². The van der Waals surface area contributed by atoms with E-state index in [1.807, 2.05) is 0 Å². The van der Waals surface area contributed by atoms with Gasteiger partial charge in [0.15, 0.2) is 5.92 Å². The van der Waals surface area contributed by atoms with Crippen LogP contribution >= 0.6 is 0 Å². The van der Waals surface area contributed by atoms with Gasteiger partial charge in [-0.2, -0.15) is 18.3 Å². The molecule has 1 atom stereocenters. The predicted octanol–water partition coefficient (Wildman–Crippen LogP) is 3.22. The van der Waals surface area contributed by atoms with Gasteiger partial charge in [0.1, 0.15) is 0 Å². The number of rotatable bonds is 5. The number of hydrazone groups is 1. The Kier molecular flexibility index (Phi) is 5.54. The molecule has 0 aliphatic heterocycles. The minimum Gasteiger partial charge on any atom is -0.465 e. The highest BCUT2D eigenvalue weighted by Gasteiger charge is 2.48. The van der Waals surface area contributed by atoms with Crippen molar-refractivity contribution in [1.29, 1.82) is 0 Å².